The Balaban J connectivity index is 1.96. The van der Waals surface area contributed by atoms with Crippen LogP contribution in [0.4, 0.5) is 5.00 Å². The van der Waals surface area contributed by atoms with Crippen molar-refractivity contribution in [2.45, 2.75) is 13.3 Å². The molecule has 0 bridgehead atoms. The van der Waals surface area contributed by atoms with E-state index in [4.69, 9.17) is 4.74 Å². The largest absolute Gasteiger partial charge is 0.378 e. The zero-order chi connectivity index (χ0) is 13.0. The number of rotatable bonds is 2. The summed E-state index contributed by atoms with van der Waals surface area (Å²) in [5, 5.41) is 3.28. The van der Waals surface area contributed by atoms with Crippen LogP contribution in [-0.4, -0.2) is 48.0 Å². The SMILES string of the molecule is CCc1ncsc1NC(=O)C(=O)N1CCOCC1. The lowest BCUT2D eigenvalue weighted by atomic mass is 10.3. The number of nitrogens with zero attached hydrogens (tertiary/aromatic N) is 2. The summed E-state index contributed by atoms with van der Waals surface area (Å²) in [4.78, 5) is 29.3. The molecule has 0 radical (unpaired) electrons. The first-order chi connectivity index (χ1) is 8.72. The number of aromatic nitrogens is 1. The van der Waals surface area contributed by atoms with E-state index in [1.54, 1.807) is 5.51 Å². The van der Waals surface area contributed by atoms with Gasteiger partial charge in [0.1, 0.15) is 5.00 Å². The molecule has 1 saturated heterocycles. The van der Waals surface area contributed by atoms with E-state index in [0.29, 0.717) is 31.3 Å². The van der Waals surface area contributed by atoms with E-state index < -0.39 is 11.8 Å². The highest BCUT2D eigenvalue weighted by molar-refractivity contribution is 7.14. The lowest BCUT2D eigenvalue weighted by Crippen LogP contribution is -2.45. The highest BCUT2D eigenvalue weighted by atomic mass is 32.1. The summed E-state index contributed by atoms with van der Waals surface area (Å²) in [6.07, 6.45) is 0.727. The molecular weight excluding hydrogens is 254 g/mol. The molecule has 1 aromatic heterocycles. The average molecular weight is 269 g/mol. The molecule has 98 valence electrons. The van der Waals surface area contributed by atoms with Crippen LogP contribution in [0.5, 0.6) is 0 Å². The number of morpholine rings is 1. The smallest absolute Gasteiger partial charge is 0.314 e. The molecule has 1 aliphatic heterocycles. The first-order valence-corrected chi connectivity index (χ1v) is 6.70. The molecule has 1 aliphatic rings. The molecule has 0 atom stereocenters. The first-order valence-electron chi connectivity index (χ1n) is 5.82. The number of amides is 2. The fourth-order valence-corrected chi connectivity index (χ4v) is 2.46. The number of anilines is 1. The number of carbonyl (C=O) groups is 2. The lowest BCUT2D eigenvalue weighted by molar-refractivity contribution is -0.145. The number of hydrogen-bond donors (Lipinski definition) is 1. The minimum absolute atomic E-state index is 0.468. The van der Waals surface area contributed by atoms with E-state index in [2.05, 4.69) is 10.3 Å². The Kier molecular flexibility index (Phi) is 4.27. The van der Waals surface area contributed by atoms with Gasteiger partial charge in [-0.2, -0.15) is 0 Å². The molecule has 1 N–H and O–H groups in total. The normalized spacial score (nSPS) is 15.5. The molecule has 0 aliphatic carbocycles. The lowest BCUT2D eigenvalue weighted by Gasteiger charge is -2.25. The zero-order valence-corrected chi connectivity index (χ0v) is 11.0. The Morgan fingerprint density at radius 1 is 1.50 bits per heavy atom. The molecule has 6 nitrogen and oxygen atoms in total. The second-order valence-corrected chi connectivity index (χ2v) is 4.70. The van der Waals surface area contributed by atoms with Crippen LogP contribution in [0.1, 0.15) is 12.6 Å². The van der Waals surface area contributed by atoms with Crippen LogP contribution in [0.15, 0.2) is 5.51 Å². The molecule has 18 heavy (non-hydrogen) atoms. The molecule has 0 aromatic carbocycles. The van der Waals surface area contributed by atoms with Gasteiger partial charge in [0.25, 0.3) is 0 Å². The van der Waals surface area contributed by atoms with Gasteiger partial charge in [-0.1, -0.05) is 6.92 Å². The van der Waals surface area contributed by atoms with Gasteiger partial charge in [0.05, 0.1) is 24.4 Å². The monoisotopic (exact) mass is 269 g/mol. The number of ether oxygens (including phenoxy) is 1. The maximum atomic E-state index is 11.9. The van der Waals surface area contributed by atoms with Gasteiger partial charge in [0.15, 0.2) is 0 Å². The quantitative estimate of drug-likeness (QED) is 0.794. The summed E-state index contributed by atoms with van der Waals surface area (Å²) >= 11 is 1.33. The number of carbonyl (C=O) groups excluding carboxylic acids is 2. The van der Waals surface area contributed by atoms with E-state index in [1.165, 1.54) is 16.2 Å². The van der Waals surface area contributed by atoms with Crippen LogP contribution in [-0.2, 0) is 20.7 Å². The second kappa shape index (κ2) is 5.92. The fraction of sp³-hybridized carbons (Fsp3) is 0.545. The van der Waals surface area contributed by atoms with Gasteiger partial charge in [-0.05, 0) is 6.42 Å². The van der Waals surface area contributed by atoms with Gasteiger partial charge in [0.2, 0.25) is 0 Å². The fourth-order valence-electron chi connectivity index (χ4n) is 1.69. The van der Waals surface area contributed by atoms with Crippen LogP contribution >= 0.6 is 11.3 Å². The van der Waals surface area contributed by atoms with Crippen LogP contribution in [0.2, 0.25) is 0 Å². The molecule has 0 spiro atoms. The van der Waals surface area contributed by atoms with E-state index in [9.17, 15) is 9.59 Å². The van der Waals surface area contributed by atoms with Crippen LogP contribution < -0.4 is 5.32 Å². The van der Waals surface area contributed by atoms with E-state index in [-0.39, 0.29) is 0 Å². The van der Waals surface area contributed by atoms with Gasteiger partial charge in [0, 0.05) is 13.1 Å². The van der Waals surface area contributed by atoms with E-state index in [1.807, 2.05) is 6.92 Å². The Hall–Kier alpha value is -1.47. The number of aryl methyl sites for hydroxylation is 1. The predicted octanol–water partition coefficient (Wildman–Crippen LogP) is 0.503. The summed E-state index contributed by atoms with van der Waals surface area (Å²) in [6, 6.07) is 0. The summed E-state index contributed by atoms with van der Waals surface area (Å²) in [7, 11) is 0. The second-order valence-electron chi connectivity index (χ2n) is 3.84. The topological polar surface area (TPSA) is 71.5 Å². The van der Waals surface area contributed by atoms with Crippen LogP contribution in [0.25, 0.3) is 0 Å². The van der Waals surface area contributed by atoms with Gasteiger partial charge < -0.3 is 15.0 Å². The molecule has 0 saturated carbocycles. The number of thiazole rings is 1. The standard InChI is InChI=1S/C11H15N3O3S/c1-2-8-10(18-7-12-8)13-9(15)11(16)14-3-5-17-6-4-14/h7H,2-6H2,1H3,(H,13,15). The Morgan fingerprint density at radius 2 is 2.22 bits per heavy atom. The molecular formula is C11H15N3O3S. The first kappa shape index (κ1) is 13.0. The zero-order valence-electron chi connectivity index (χ0n) is 10.1. The summed E-state index contributed by atoms with van der Waals surface area (Å²) < 4.78 is 5.14. The van der Waals surface area contributed by atoms with Gasteiger partial charge in [-0.3, -0.25) is 9.59 Å². The van der Waals surface area contributed by atoms with Crippen molar-refractivity contribution < 1.29 is 14.3 Å². The third kappa shape index (κ3) is 2.85. The molecule has 0 unspecified atom stereocenters. The third-order valence-electron chi connectivity index (χ3n) is 2.70. The molecule has 1 aromatic rings. The molecule has 2 rings (SSSR count). The van der Waals surface area contributed by atoms with Crippen molar-refractivity contribution in [2.24, 2.45) is 0 Å². The Bertz CT molecular complexity index is 440. The van der Waals surface area contributed by atoms with Crippen molar-refractivity contribution in [1.82, 2.24) is 9.88 Å². The van der Waals surface area contributed by atoms with Crippen molar-refractivity contribution in [1.29, 1.82) is 0 Å². The Labute approximate surface area is 109 Å². The maximum Gasteiger partial charge on any atom is 0.314 e. The van der Waals surface area contributed by atoms with Crippen LogP contribution in [0, 0.1) is 0 Å². The summed E-state index contributed by atoms with van der Waals surface area (Å²) in [6.45, 7) is 3.86. The Morgan fingerprint density at radius 3 is 2.89 bits per heavy atom. The van der Waals surface area contributed by atoms with Gasteiger partial charge in [-0.25, -0.2) is 4.98 Å². The predicted molar refractivity (Wildman–Crippen MR) is 67.5 cm³/mol. The molecule has 2 heterocycles. The number of hydrogen-bond acceptors (Lipinski definition) is 5. The van der Waals surface area contributed by atoms with Crippen molar-refractivity contribution >= 4 is 28.2 Å². The molecule has 7 heteroatoms. The maximum absolute atomic E-state index is 11.9. The minimum atomic E-state index is -0.601. The van der Waals surface area contributed by atoms with Crippen molar-refractivity contribution in [3.63, 3.8) is 0 Å². The van der Waals surface area contributed by atoms with Crippen molar-refractivity contribution in [3.05, 3.63) is 11.2 Å². The summed E-state index contributed by atoms with van der Waals surface area (Å²) in [5.41, 5.74) is 2.47. The molecule has 2 amide bonds. The highest BCUT2D eigenvalue weighted by Gasteiger charge is 2.24. The average Bonchev–Trinajstić information content (AvgIpc) is 2.86. The van der Waals surface area contributed by atoms with Crippen molar-refractivity contribution in [3.8, 4) is 0 Å². The van der Waals surface area contributed by atoms with E-state index in [0.717, 1.165) is 12.1 Å². The number of nitrogens with one attached hydrogen (secondary N) is 1. The van der Waals surface area contributed by atoms with Gasteiger partial charge >= 0.3 is 11.8 Å². The van der Waals surface area contributed by atoms with Crippen molar-refractivity contribution in [2.75, 3.05) is 31.6 Å². The van der Waals surface area contributed by atoms with Crippen LogP contribution in [0.3, 0.4) is 0 Å². The van der Waals surface area contributed by atoms with Gasteiger partial charge in [-0.15, -0.1) is 11.3 Å². The molecule has 1 fully saturated rings. The third-order valence-corrected chi connectivity index (χ3v) is 3.48. The minimum Gasteiger partial charge on any atom is -0.378 e. The summed E-state index contributed by atoms with van der Waals surface area (Å²) in [5.74, 6) is -1.11. The van der Waals surface area contributed by atoms with E-state index >= 15 is 0 Å². The highest BCUT2D eigenvalue weighted by Crippen LogP contribution is 2.20.